The van der Waals surface area contributed by atoms with E-state index in [1.54, 1.807) is 16.2 Å². The van der Waals surface area contributed by atoms with Gasteiger partial charge < -0.3 is 15.0 Å². The fourth-order valence-electron chi connectivity index (χ4n) is 2.73. The summed E-state index contributed by atoms with van der Waals surface area (Å²) in [4.78, 5) is 18.6. The summed E-state index contributed by atoms with van der Waals surface area (Å²) in [6.45, 7) is 7.19. The van der Waals surface area contributed by atoms with Gasteiger partial charge in [-0.25, -0.2) is 9.78 Å². The number of hydrogen-bond acceptors (Lipinski definition) is 4. The molecular formula is C17H21N3O2S. The second kappa shape index (κ2) is 6.68. The van der Waals surface area contributed by atoms with Gasteiger partial charge in [0.2, 0.25) is 0 Å². The first-order valence-corrected chi connectivity index (χ1v) is 8.63. The van der Waals surface area contributed by atoms with Crippen molar-refractivity contribution in [3.8, 4) is 10.6 Å². The third kappa shape index (κ3) is 3.89. The third-order valence-electron chi connectivity index (χ3n) is 3.71. The van der Waals surface area contributed by atoms with Crippen LogP contribution in [0.1, 0.15) is 19.5 Å². The molecule has 6 heteroatoms. The average Bonchev–Trinajstić information content (AvgIpc) is 2.93. The quantitative estimate of drug-likeness (QED) is 0.911. The number of thiazole rings is 1. The van der Waals surface area contributed by atoms with E-state index in [4.69, 9.17) is 4.74 Å². The van der Waals surface area contributed by atoms with E-state index in [9.17, 15) is 4.79 Å². The topological polar surface area (TPSA) is 54.5 Å². The van der Waals surface area contributed by atoms with E-state index < -0.39 is 0 Å². The molecule has 0 spiro atoms. The van der Waals surface area contributed by atoms with Crippen LogP contribution in [0.25, 0.3) is 10.6 Å². The van der Waals surface area contributed by atoms with Crippen LogP contribution in [-0.2, 0) is 4.74 Å². The molecule has 0 radical (unpaired) electrons. The number of benzene rings is 1. The van der Waals surface area contributed by atoms with Crippen LogP contribution in [-0.4, -0.2) is 41.2 Å². The van der Waals surface area contributed by atoms with Crippen LogP contribution < -0.4 is 5.32 Å². The Morgan fingerprint density at radius 2 is 1.91 bits per heavy atom. The number of urea groups is 1. The van der Waals surface area contributed by atoms with Gasteiger partial charge in [-0.05, 0) is 45.0 Å². The minimum absolute atomic E-state index is 0.0695. The van der Waals surface area contributed by atoms with E-state index in [-0.39, 0.29) is 18.2 Å². The van der Waals surface area contributed by atoms with Gasteiger partial charge in [-0.15, -0.1) is 11.3 Å². The SMILES string of the molecule is Cc1csc(-c2ccc(NC(=O)N3CC(C)OC(C)C3)cc2)n1. The molecule has 0 aliphatic carbocycles. The molecule has 2 heterocycles. The molecule has 1 aliphatic heterocycles. The predicted molar refractivity (Wildman–Crippen MR) is 92.9 cm³/mol. The molecule has 0 saturated carbocycles. The second-order valence-electron chi connectivity index (χ2n) is 5.96. The van der Waals surface area contributed by atoms with E-state index in [0.29, 0.717) is 13.1 Å². The number of anilines is 1. The molecule has 2 unspecified atom stereocenters. The molecular weight excluding hydrogens is 310 g/mol. The summed E-state index contributed by atoms with van der Waals surface area (Å²) in [5.41, 5.74) is 2.88. The van der Waals surface area contributed by atoms with Crippen molar-refractivity contribution in [2.75, 3.05) is 18.4 Å². The summed E-state index contributed by atoms with van der Waals surface area (Å²) >= 11 is 1.62. The Hall–Kier alpha value is -1.92. The Labute approximate surface area is 140 Å². The highest BCUT2D eigenvalue weighted by Gasteiger charge is 2.25. The van der Waals surface area contributed by atoms with Gasteiger partial charge in [0, 0.05) is 35.4 Å². The van der Waals surface area contributed by atoms with E-state index in [2.05, 4.69) is 10.3 Å². The van der Waals surface area contributed by atoms with Crippen molar-refractivity contribution in [2.45, 2.75) is 33.0 Å². The van der Waals surface area contributed by atoms with Crippen molar-refractivity contribution < 1.29 is 9.53 Å². The van der Waals surface area contributed by atoms with Gasteiger partial charge in [0.25, 0.3) is 0 Å². The second-order valence-corrected chi connectivity index (χ2v) is 6.82. The van der Waals surface area contributed by atoms with Crippen LogP contribution in [0.2, 0.25) is 0 Å². The number of rotatable bonds is 2. The van der Waals surface area contributed by atoms with Crippen molar-refractivity contribution >= 4 is 23.1 Å². The maximum absolute atomic E-state index is 12.4. The average molecular weight is 331 g/mol. The van der Waals surface area contributed by atoms with E-state index in [1.165, 1.54) is 0 Å². The highest BCUT2D eigenvalue weighted by molar-refractivity contribution is 7.13. The molecule has 0 bridgehead atoms. The van der Waals surface area contributed by atoms with Gasteiger partial charge in [-0.2, -0.15) is 0 Å². The lowest BCUT2D eigenvalue weighted by atomic mass is 10.2. The monoisotopic (exact) mass is 331 g/mol. The largest absolute Gasteiger partial charge is 0.372 e. The predicted octanol–water partition coefficient (Wildman–Crippen LogP) is 3.76. The van der Waals surface area contributed by atoms with Gasteiger partial charge in [-0.1, -0.05) is 0 Å². The molecule has 2 aromatic rings. The number of nitrogens with zero attached hydrogens (tertiary/aromatic N) is 2. The van der Waals surface area contributed by atoms with E-state index in [1.807, 2.05) is 50.4 Å². The minimum atomic E-state index is -0.0788. The molecule has 2 atom stereocenters. The van der Waals surface area contributed by atoms with Crippen LogP contribution in [0.3, 0.4) is 0 Å². The van der Waals surface area contributed by atoms with Gasteiger partial charge in [0.05, 0.1) is 12.2 Å². The maximum atomic E-state index is 12.4. The highest BCUT2D eigenvalue weighted by Crippen LogP contribution is 2.25. The van der Waals surface area contributed by atoms with Crippen LogP contribution in [0.4, 0.5) is 10.5 Å². The van der Waals surface area contributed by atoms with E-state index in [0.717, 1.165) is 22.0 Å². The zero-order valence-corrected chi connectivity index (χ0v) is 14.4. The lowest BCUT2D eigenvalue weighted by Gasteiger charge is -2.35. The van der Waals surface area contributed by atoms with E-state index >= 15 is 0 Å². The number of amides is 2. The Kier molecular flexibility index (Phi) is 4.63. The number of ether oxygens (including phenoxy) is 1. The molecule has 1 N–H and O–H groups in total. The summed E-state index contributed by atoms with van der Waals surface area (Å²) in [6, 6.07) is 7.72. The molecule has 1 aliphatic rings. The number of aryl methyl sites for hydroxylation is 1. The van der Waals surface area contributed by atoms with Crippen LogP contribution in [0, 0.1) is 6.92 Å². The highest BCUT2D eigenvalue weighted by atomic mass is 32.1. The first kappa shape index (κ1) is 16.0. The van der Waals surface area contributed by atoms with Crippen LogP contribution in [0.15, 0.2) is 29.6 Å². The molecule has 1 aromatic heterocycles. The smallest absolute Gasteiger partial charge is 0.322 e. The minimum Gasteiger partial charge on any atom is -0.372 e. The van der Waals surface area contributed by atoms with Gasteiger partial charge in [0.1, 0.15) is 5.01 Å². The van der Waals surface area contributed by atoms with Gasteiger partial charge >= 0.3 is 6.03 Å². The summed E-state index contributed by atoms with van der Waals surface area (Å²) in [5.74, 6) is 0. The zero-order valence-electron chi connectivity index (χ0n) is 13.6. The number of hydrogen-bond donors (Lipinski definition) is 1. The van der Waals surface area contributed by atoms with Crippen molar-refractivity contribution in [1.29, 1.82) is 0 Å². The van der Waals surface area contributed by atoms with Crippen LogP contribution in [0.5, 0.6) is 0 Å². The normalized spacial score (nSPS) is 21.3. The van der Waals surface area contributed by atoms with Crippen molar-refractivity contribution in [3.63, 3.8) is 0 Å². The van der Waals surface area contributed by atoms with Gasteiger partial charge in [0.15, 0.2) is 0 Å². The van der Waals surface area contributed by atoms with Crippen molar-refractivity contribution in [2.24, 2.45) is 0 Å². The molecule has 1 saturated heterocycles. The summed E-state index contributed by atoms with van der Waals surface area (Å²) < 4.78 is 5.66. The standard InChI is InChI=1S/C17H21N3O2S/c1-11-10-23-16(18-11)14-4-6-15(7-5-14)19-17(21)20-8-12(2)22-13(3)9-20/h4-7,10,12-13H,8-9H2,1-3H3,(H,19,21). The summed E-state index contributed by atoms with van der Waals surface area (Å²) in [7, 11) is 0. The van der Waals surface area contributed by atoms with Crippen molar-refractivity contribution in [1.82, 2.24) is 9.88 Å². The van der Waals surface area contributed by atoms with Crippen LogP contribution >= 0.6 is 11.3 Å². The molecule has 3 rings (SSSR count). The number of morpholine rings is 1. The fourth-order valence-corrected chi connectivity index (χ4v) is 3.53. The summed E-state index contributed by atoms with van der Waals surface area (Å²) in [5, 5.41) is 5.98. The number of aromatic nitrogens is 1. The molecule has 122 valence electrons. The zero-order chi connectivity index (χ0) is 16.4. The fraction of sp³-hybridized carbons (Fsp3) is 0.412. The first-order valence-electron chi connectivity index (χ1n) is 7.75. The molecule has 2 amide bonds. The lowest BCUT2D eigenvalue weighted by molar-refractivity contribution is -0.0530. The molecule has 1 fully saturated rings. The Morgan fingerprint density at radius 3 is 2.48 bits per heavy atom. The summed E-state index contributed by atoms with van der Waals surface area (Å²) in [6.07, 6.45) is 0.139. The number of nitrogens with one attached hydrogen (secondary N) is 1. The molecule has 23 heavy (non-hydrogen) atoms. The first-order chi connectivity index (χ1) is 11.0. The Morgan fingerprint density at radius 1 is 1.26 bits per heavy atom. The van der Waals surface area contributed by atoms with Crippen molar-refractivity contribution in [3.05, 3.63) is 35.3 Å². The van der Waals surface area contributed by atoms with Gasteiger partial charge in [-0.3, -0.25) is 0 Å². The molecule has 1 aromatic carbocycles. The Balaban J connectivity index is 1.65. The Bertz CT molecular complexity index is 673. The number of carbonyl (C=O) groups excluding carboxylic acids is 1. The molecule has 5 nitrogen and oxygen atoms in total. The number of carbonyl (C=O) groups is 1. The third-order valence-corrected chi connectivity index (χ3v) is 4.72. The maximum Gasteiger partial charge on any atom is 0.322 e. The lowest BCUT2D eigenvalue weighted by Crippen LogP contribution is -2.49.